The van der Waals surface area contributed by atoms with E-state index in [-0.39, 0.29) is 5.91 Å². The predicted molar refractivity (Wildman–Crippen MR) is 71.9 cm³/mol. The number of amides is 1. The summed E-state index contributed by atoms with van der Waals surface area (Å²) in [5, 5.41) is 1.98. The topological polar surface area (TPSA) is 70.4 Å². The molecule has 0 bridgehead atoms. The molecule has 2 rings (SSSR count). The number of rotatable bonds is 3. The maximum Gasteiger partial charge on any atom is 0.267 e. The Morgan fingerprint density at radius 1 is 1.28 bits per heavy atom. The van der Waals surface area contributed by atoms with Gasteiger partial charge in [-0.2, -0.15) is 0 Å². The average Bonchev–Trinajstić information content (AvgIpc) is 2.39. The van der Waals surface area contributed by atoms with Gasteiger partial charge in [-0.25, -0.2) is 5.01 Å². The van der Waals surface area contributed by atoms with Gasteiger partial charge in [0.1, 0.15) is 0 Å². The fourth-order valence-corrected chi connectivity index (χ4v) is 2.19. The molecular formula is C13H20N4O. The minimum atomic E-state index is -0.107. The van der Waals surface area contributed by atoms with Gasteiger partial charge in [0.15, 0.2) is 0 Å². The molecule has 0 saturated carbocycles. The van der Waals surface area contributed by atoms with Gasteiger partial charge in [0.25, 0.3) is 5.91 Å². The summed E-state index contributed by atoms with van der Waals surface area (Å²) in [6.07, 6.45) is 3.51. The summed E-state index contributed by atoms with van der Waals surface area (Å²) in [7, 11) is 0. The lowest BCUT2D eigenvalue weighted by Crippen LogP contribution is -2.45. The summed E-state index contributed by atoms with van der Waals surface area (Å²) < 4.78 is 0. The Kier molecular flexibility index (Phi) is 4.17. The third-order valence-corrected chi connectivity index (χ3v) is 3.19. The van der Waals surface area contributed by atoms with Gasteiger partial charge >= 0.3 is 0 Å². The maximum atomic E-state index is 12.2. The molecule has 4 N–H and O–H groups in total. The van der Waals surface area contributed by atoms with Gasteiger partial charge in [-0.1, -0.05) is 12.5 Å². The second-order valence-electron chi connectivity index (χ2n) is 4.68. The van der Waals surface area contributed by atoms with Crippen LogP contribution in [0.5, 0.6) is 0 Å². The van der Waals surface area contributed by atoms with Crippen LogP contribution in [0.4, 0.5) is 5.69 Å². The van der Waals surface area contributed by atoms with Crippen molar-refractivity contribution in [2.24, 2.45) is 5.84 Å². The van der Waals surface area contributed by atoms with E-state index in [2.05, 4.69) is 10.9 Å². The molecule has 5 heteroatoms. The molecule has 0 aliphatic carbocycles. The number of nitrogens with two attached hydrogens (primary N) is 1. The third kappa shape index (κ3) is 3.00. The van der Waals surface area contributed by atoms with Crippen molar-refractivity contribution in [3.8, 4) is 0 Å². The van der Waals surface area contributed by atoms with Gasteiger partial charge in [0, 0.05) is 13.1 Å². The van der Waals surface area contributed by atoms with Crippen molar-refractivity contribution < 1.29 is 4.79 Å². The van der Waals surface area contributed by atoms with Crippen LogP contribution in [-0.2, 0) is 0 Å². The number of nitrogens with zero attached hydrogens (tertiary/aromatic N) is 1. The molecule has 1 aliphatic heterocycles. The van der Waals surface area contributed by atoms with Gasteiger partial charge in [0.2, 0.25) is 0 Å². The van der Waals surface area contributed by atoms with Gasteiger partial charge in [-0.15, -0.1) is 0 Å². The minimum Gasteiger partial charge on any atom is -0.323 e. The van der Waals surface area contributed by atoms with Crippen LogP contribution in [0.1, 0.15) is 35.2 Å². The number of hydrazine groups is 2. The molecule has 0 atom stereocenters. The van der Waals surface area contributed by atoms with Crippen LogP contribution >= 0.6 is 0 Å². The van der Waals surface area contributed by atoms with E-state index in [0.29, 0.717) is 11.3 Å². The number of hydrogen-bond acceptors (Lipinski definition) is 4. The van der Waals surface area contributed by atoms with Crippen molar-refractivity contribution in [1.29, 1.82) is 0 Å². The predicted octanol–water partition coefficient (Wildman–Crippen LogP) is 1.41. The number of hydrogen-bond donors (Lipinski definition) is 3. The second kappa shape index (κ2) is 5.84. The van der Waals surface area contributed by atoms with Crippen LogP contribution in [0.2, 0.25) is 0 Å². The third-order valence-electron chi connectivity index (χ3n) is 3.19. The first kappa shape index (κ1) is 12.9. The molecule has 1 aromatic rings. The summed E-state index contributed by atoms with van der Waals surface area (Å²) in [6.45, 7) is 3.80. The molecule has 1 heterocycles. The SMILES string of the molecule is Cc1ccc(C(=O)NN2CCCCC2)c(NN)c1. The fourth-order valence-electron chi connectivity index (χ4n) is 2.19. The lowest BCUT2D eigenvalue weighted by atomic mass is 10.1. The Balaban J connectivity index is 2.08. The fraction of sp³-hybridized carbons (Fsp3) is 0.462. The van der Waals surface area contributed by atoms with Crippen molar-refractivity contribution in [2.45, 2.75) is 26.2 Å². The molecule has 1 amide bonds. The molecule has 18 heavy (non-hydrogen) atoms. The van der Waals surface area contributed by atoms with Crippen molar-refractivity contribution >= 4 is 11.6 Å². The number of nitrogen functional groups attached to an aromatic ring is 1. The molecule has 1 saturated heterocycles. The van der Waals surface area contributed by atoms with E-state index in [9.17, 15) is 4.79 Å². The molecule has 5 nitrogen and oxygen atoms in total. The first-order valence-corrected chi connectivity index (χ1v) is 6.34. The molecule has 0 radical (unpaired) electrons. The zero-order valence-electron chi connectivity index (χ0n) is 10.7. The first-order valence-electron chi connectivity index (χ1n) is 6.34. The molecule has 0 unspecified atom stereocenters. The van der Waals surface area contributed by atoms with Gasteiger partial charge in [0.05, 0.1) is 11.3 Å². The average molecular weight is 248 g/mol. The number of anilines is 1. The zero-order valence-corrected chi connectivity index (χ0v) is 10.7. The van der Waals surface area contributed by atoms with Crippen LogP contribution in [0.25, 0.3) is 0 Å². The largest absolute Gasteiger partial charge is 0.323 e. The molecule has 98 valence electrons. The maximum absolute atomic E-state index is 12.2. The lowest BCUT2D eigenvalue weighted by Gasteiger charge is -2.27. The number of piperidine rings is 1. The number of carbonyl (C=O) groups is 1. The number of benzene rings is 1. The van der Waals surface area contributed by atoms with E-state index in [1.165, 1.54) is 6.42 Å². The summed E-state index contributed by atoms with van der Waals surface area (Å²) in [4.78, 5) is 12.2. The van der Waals surface area contributed by atoms with Crippen LogP contribution in [0, 0.1) is 6.92 Å². The molecule has 1 fully saturated rings. The summed E-state index contributed by atoms with van der Waals surface area (Å²) in [6, 6.07) is 5.57. The van der Waals surface area contributed by atoms with E-state index in [1.807, 2.05) is 24.1 Å². The highest BCUT2D eigenvalue weighted by atomic mass is 16.2. The van der Waals surface area contributed by atoms with Crippen LogP contribution in [-0.4, -0.2) is 24.0 Å². The van der Waals surface area contributed by atoms with E-state index in [0.717, 1.165) is 31.5 Å². The Hall–Kier alpha value is -1.59. The molecule has 1 aromatic carbocycles. The monoisotopic (exact) mass is 248 g/mol. The normalized spacial score (nSPS) is 16.3. The Bertz CT molecular complexity index is 427. The highest BCUT2D eigenvalue weighted by Crippen LogP contribution is 2.17. The van der Waals surface area contributed by atoms with Crippen LogP contribution < -0.4 is 16.7 Å². The van der Waals surface area contributed by atoms with E-state index in [4.69, 9.17) is 5.84 Å². The van der Waals surface area contributed by atoms with Crippen molar-refractivity contribution in [2.75, 3.05) is 18.5 Å². The van der Waals surface area contributed by atoms with E-state index in [1.54, 1.807) is 6.07 Å². The van der Waals surface area contributed by atoms with Crippen molar-refractivity contribution in [3.63, 3.8) is 0 Å². The smallest absolute Gasteiger partial charge is 0.267 e. The Morgan fingerprint density at radius 3 is 2.67 bits per heavy atom. The van der Waals surface area contributed by atoms with Gasteiger partial charge < -0.3 is 5.43 Å². The first-order chi connectivity index (χ1) is 8.70. The molecule has 1 aliphatic rings. The standard InChI is InChI=1S/C13H20N4O/c1-10-5-6-11(12(9-10)15-14)13(18)16-17-7-3-2-4-8-17/h5-6,9,15H,2-4,7-8,14H2,1H3,(H,16,18). The summed E-state index contributed by atoms with van der Waals surface area (Å²) >= 11 is 0. The summed E-state index contributed by atoms with van der Waals surface area (Å²) in [5.41, 5.74) is 7.80. The number of aryl methyl sites for hydroxylation is 1. The van der Waals surface area contributed by atoms with Crippen molar-refractivity contribution in [1.82, 2.24) is 10.4 Å². The Labute approximate surface area is 107 Å². The quantitative estimate of drug-likeness (QED) is 0.559. The number of nitrogens with one attached hydrogen (secondary N) is 2. The van der Waals surface area contributed by atoms with Crippen LogP contribution in [0.3, 0.4) is 0 Å². The zero-order chi connectivity index (χ0) is 13.0. The van der Waals surface area contributed by atoms with E-state index < -0.39 is 0 Å². The molecule has 0 aromatic heterocycles. The second-order valence-corrected chi connectivity index (χ2v) is 4.68. The number of carbonyl (C=O) groups excluding carboxylic acids is 1. The van der Waals surface area contributed by atoms with Gasteiger partial charge in [-0.3, -0.25) is 16.1 Å². The molecular weight excluding hydrogens is 228 g/mol. The van der Waals surface area contributed by atoms with Crippen LogP contribution in [0.15, 0.2) is 18.2 Å². The minimum absolute atomic E-state index is 0.107. The van der Waals surface area contributed by atoms with Crippen molar-refractivity contribution in [3.05, 3.63) is 29.3 Å². The van der Waals surface area contributed by atoms with Gasteiger partial charge in [-0.05, 0) is 37.5 Å². The highest BCUT2D eigenvalue weighted by Gasteiger charge is 2.16. The molecule has 0 spiro atoms. The highest BCUT2D eigenvalue weighted by molar-refractivity contribution is 5.99. The summed E-state index contributed by atoms with van der Waals surface area (Å²) in [5.74, 6) is 5.34. The van der Waals surface area contributed by atoms with E-state index >= 15 is 0 Å². The Morgan fingerprint density at radius 2 is 2.00 bits per heavy atom. The lowest BCUT2D eigenvalue weighted by molar-refractivity contribution is 0.0751.